The predicted octanol–water partition coefficient (Wildman–Crippen LogP) is 3.12. The Bertz CT molecular complexity index is 612. The third-order valence-corrected chi connectivity index (χ3v) is 3.06. The maximum Gasteiger partial charge on any atom is 0.284 e. The van der Waals surface area contributed by atoms with Gasteiger partial charge in [0, 0.05) is 11.1 Å². The average Bonchev–Trinajstić information content (AvgIpc) is 2.77. The quantitative estimate of drug-likeness (QED) is 0.853. The van der Waals surface area contributed by atoms with Crippen LogP contribution in [0, 0.1) is 24.4 Å². The maximum atomic E-state index is 13.3. The number of anilines is 1. The second-order valence-electron chi connectivity index (χ2n) is 3.47. The van der Waals surface area contributed by atoms with Crippen LogP contribution in [0.1, 0.15) is 15.5 Å². The summed E-state index contributed by atoms with van der Waals surface area (Å²) in [7, 11) is 0. The van der Waals surface area contributed by atoms with Crippen molar-refractivity contribution in [2.45, 2.75) is 6.92 Å². The third-order valence-electron chi connectivity index (χ3n) is 2.10. The summed E-state index contributed by atoms with van der Waals surface area (Å²) in [5.41, 5.74) is 0.225. The van der Waals surface area contributed by atoms with Crippen LogP contribution in [0.4, 0.5) is 18.9 Å². The Balaban J connectivity index is 2.25. The van der Waals surface area contributed by atoms with E-state index in [1.54, 1.807) is 12.3 Å². The lowest BCUT2D eigenvalue weighted by atomic mass is 10.3. The van der Waals surface area contributed by atoms with Crippen molar-refractivity contribution >= 4 is 22.9 Å². The summed E-state index contributed by atoms with van der Waals surface area (Å²) in [6, 6.07) is 1.69. The van der Waals surface area contributed by atoms with E-state index < -0.39 is 29.0 Å². The lowest BCUT2D eigenvalue weighted by Crippen LogP contribution is -2.13. The molecule has 0 spiro atoms. The molecule has 0 atom stereocenters. The highest BCUT2D eigenvalue weighted by Crippen LogP contribution is 2.20. The van der Waals surface area contributed by atoms with Crippen molar-refractivity contribution in [1.82, 2.24) is 4.98 Å². The standard InChI is InChI=1S/C11H7F3N2OS/c1-5-4-18-11(15-5)10(17)16-7-3-2-6(12)8(13)9(7)14/h2-4H,1H3,(H,16,17). The van der Waals surface area contributed by atoms with Gasteiger partial charge in [0.15, 0.2) is 22.5 Å². The molecule has 94 valence electrons. The van der Waals surface area contributed by atoms with Gasteiger partial charge in [-0.1, -0.05) is 0 Å². The Hall–Kier alpha value is -1.89. The van der Waals surface area contributed by atoms with Gasteiger partial charge in [-0.25, -0.2) is 18.2 Å². The van der Waals surface area contributed by atoms with Crippen LogP contribution < -0.4 is 5.32 Å². The fourth-order valence-corrected chi connectivity index (χ4v) is 1.95. The average molecular weight is 272 g/mol. The van der Waals surface area contributed by atoms with E-state index in [0.29, 0.717) is 5.69 Å². The van der Waals surface area contributed by atoms with E-state index in [0.717, 1.165) is 23.5 Å². The number of nitrogens with one attached hydrogen (secondary N) is 1. The minimum atomic E-state index is -1.62. The fourth-order valence-electron chi connectivity index (χ4n) is 1.26. The molecular weight excluding hydrogens is 265 g/mol. The summed E-state index contributed by atoms with van der Waals surface area (Å²) in [5, 5.41) is 3.91. The molecule has 0 radical (unpaired) electrons. The highest BCUT2D eigenvalue weighted by atomic mass is 32.1. The summed E-state index contributed by atoms with van der Waals surface area (Å²) in [6.45, 7) is 1.70. The minimum absolute atomic E-state index is 0.122. The number of benzene rings is 1. The minimum Gasteiger partial charge on any atom is -0.317 e. The molecule has 1 N–H and O–H groups in total. The van der Waals surface area contributed by atoms with Gasteiger partial charge in [-0.05, 0) is 19.1 Å². The van der Waals surface area contributed by atoms with Gasteiger partial charge in [-0.3, -0.25) is 4.79 Å². The first-order valence-corrected chi connectivity index (χ1v) is 5.74. The van der Waals surface area contributed by atoms with E-state index in [1.807, 2.05) is 0 Å². The Morgan fingerprint density at radius 1 is 1.28 bits per heavy atom. The van der Waals surface area contributed by atoms with Crippen molar-refractivity contribution in [3.8, 4) is 0 Å². The smallest absolute Gasteiger partial charge is 0.284 e. The molecule has 1 aromatic carbocycles. The number of hydrogen-bond acceptors (Lipinski definition) is 3. The van der Waals surface area contributed by atoms with E-state index in [-0.39, 0.29) is 5.01 Å². The molecule has 0 saturated heterocycles. The van der Waals surface area contributed by atoms with Crippen molar-refractivity contribution in [1.29, 1.82) is 0 Å². The number of nitrogens with zero attached hydrogens (tertiary/aromatic N) is 1. The zero-order chi connectivity index (χ0) is 13.3. The Labute approximate surface area is 104 Å². The fraction of sp³-hybridized carbons (Fsp3) is 0.0909. The van der Waals surface area contributed by atoms with Gasteiger partial charge in [0.1, 0.15) is 0 Å². The van der Waals surface area contributed by atoms with Crippen molar-refractivity contribution in [3.05, 3.63) is 45.7 Å². The number of hydrogen-bond donors (Lipinski definition) is 1. The van der Waals surface area contributed by atoms with Crippen molar-refractivity contribution in [2.24, 2.45) is 0 Å². The van der Waals surface area contributed by atoms with Crippen LogP contribution >= 0.6 is 11.3 Å². The molecule has 2 aromatic rings. The molecule has 0 fully saturated rings. The largest absolute Gasteiger partial charge is 0.317 e. The normalized spacial score (nSPS) is 10.4. The van der Waals surface area contributed by atoms with Crippen molar-refractivity contribution < 1.29 is 18.0 Å². The third kappa shape index (κ3) is 2.35. The second-order valence-corrected chi connectivity index (χ2v) is 4.33. The molecule has 0 aliphatic carbocycles. The van der Waals surface area contributed by atoms with Gasteiger partial charge < -0.3 is 5.32 Å². The lowest BCUT2D eigenvalue weighted by molar-refractivity contribution is 0.102. The summed E-state index contributed by atoms with van der Waals surface area (Å²) in [5.74, 6) is -5.03. The number of aryl methyl sites for hydroxylation is 1. The first-order valence-electron chi connectivity index (χ1n) is 4.86. The molecule has 2 rings (SSSR count). The highest BCUT2D eigenvalue weighted by molar-refractivity contribution is 7.11. The molecular formula is C11H7F3N2OS. The van der Waals surface area contributed by atoms with Gasteiger partial charge in [0.2, 0.25) is 0 Å². The van der Waals surface area contributed by atoms with Crippen LogP contribution in [0.3, 0.4) is 0 Å². The van der Waals surface area contributed by atoms with E-state index in [2.05, 4.69) is 10.3 Å². The Morgan fingerprint density at radius 3 is 2.61 bits per heavy atom. The zero-order valence-corrected chi connectivity index (χ0v) is 9.95. The number of carbonyl (C=O) groups excluding carboxylic acids is 1. The van der Waals surface area contributed by atoms with Crippen LogP contribution in [0.25, 0.3) is 0 Å². The topological polar surface area (TPSA) is 42.0 Å². The number of amides is 1. The molecule has 3 nitrogen and oxygen atoms in total. The van der Waals surface area contributed by atoms with E-state index in [1.165, 1.54) is 0 Å². The number of aromatic nitrogens is 1. The first-order chi connectivity index (χ1) is 8.49. The summed E-state index contributed by atoms with van der Waals surface area (Å²) in [4.78, 5) is 15.5. The van der Waals surface area contributed by atoms with Crippen LogP contribution in [-0.4, -0.2) is 10.9 Å². The lowest BCUT2D eigenvalue weighted by Gasteiger charge is -2.05. The van der Waals surface area contributed by atoms with E-state index >= 15 is 0 Å². The molecule has 18 heavy (non-hydrogen) atoms. The van der Waals surface area contributed by atoms with Gasteiger partial charge in [0.25, 0.3) is 5.91 Å². The first kappa shape index (κ1) is 12.6. The molecule has 7 heteroatoms. The van der Waals surface area contributed by atoms with Crippen LogP contribution in [0.5, 0.6) is 0 Å². The molecule has 0 aliphatic rings. The van der Waals surface area contributed by atoms with Gasteiger partial charge in [0.05, 0.1) is 5.69 Å². The van der Waals surface area contributed by atoms with Crippen LogP contribution in [-0.2, 0) is 0 Å². The molecule has 1 heterocycles. The molecule has 1 amide bonds. The summed E-state index contributed by atoms with van der Waals surface area (Å²) < 4.78 is 38.9. The van der Waals surface area contributed by atoms with Crippen LogP contribution in [0.2, 0.25) is 0 Å². The maximum absolute atomic E-state index is 13.3. The summed E-state index contributed by atoms with van der Waals surface area (Å²) in [6.07, 6.45) is 0. The molecule has 1 aromatic heterocycles. The number of rotatable bonds is 2. The van der Waals surface area contributed by atoms with Gasteiger partial charge in [-0.2, -0.15) is 0 Å². The predicted molar refractivity (Wildman–Crippen MR) is 61.1 cm³/mol. The van der Waals surface area contributed by atoms with Crippen molar-refractivity contribution in [3.63, 3.8) is 0 Å². The second kappa shape index (κ2) is 4.77. The Kier molecular flexibility index (Phi) is 3.33. The van der Waals surface area contributed by atoms with Crippen LogP contribution in [0.15, 0.2) is 17.5 Å². The van der Waals surface area contributed by atoms with Crippen molar-refractivity contribution in [2.75, 3.05) is 5.32 Å². The molecule has 0 unspecified atom stereocenters. The molecule has 0 saturated carbocycles. The van der Waals surface area contributed by atoms with E-state index in [4.69, 9.17) is 0 Å². The molecule has 0 bridgehead atoms. The SMILES string of the molecule is Cc1csc(C(=O)Nc2ccc(F)c(F)c2F)n1. The highest BCUT2D eigenvalue weighted by Gasteiger charge is 2.17. The van der Waals surface area contributed by atoms with Gasteiger partial charge in [-0.15, -0.1) is 11.3 Å². The summed E-state index contributed by atoms with van der Waals surface area (Å²) >= 11 is 1.08. The monoisotopic (exact) mass is 272 g/mol. The Morgan fingerprint density at radius 2 is 2.00 bits per heavy atom. The van der Waals surface area contributed by atoms with Gasteiger partial charge >= 0.3 is 0 Å². The molecule has 0 aliphatic heterocycles. The number of thiazole rings is 1. The van der Waals surface area contributed by atoms with E-state index in [9.17, 15) is 18.0 Å². The number of carbonyl (C=O) groups is 1. The zero-order valence-electron chi connectivity index (χ0n) is 9.13. The number of halogens is 3.